The highest BCUT2D eigenvalue weighted by molar-refractivity contribution is 5.99. The lowest BCUT2D eigenvalue weighted by Crippen LogP contribution is -2.41. The molecule has 6 nitrogen and oxygen atoms in total. The summed E-state index contributed by atoms with van der Waals surface area (Å²) < 4.78 is 5.00. The first kappa shape index (κ1) is 13.4. The molecule has 0 unspecified atom stereocenters. The van der Waals surface area contributed by atoms with Crippen LogP contribution in [0.4, 0.5) is 0 Å². The highest BCUT2D eigenvalue weighted by atomic mass is 16.3. The summed E-state index contributed by atoms with van der Waals surface area (Å²) in [4.78, 5) is 23.5. The molecule has 6 heteroatoms. The van der Waals surface area contributed by atoms with E-state index in [2.05, 4.69) is 10.9 Å². The van der Waals surface area contributed by atoms with Gasteiger partial charge in [0.15, 0.2) is 0 Å². The molecule has 0 fully saturated rings. The molecule has 2 aromatic rings. The van der Waals surface area contributed by atoms with Gasteiger partial charge in [0.05, 0.1) is 23.5 Å². The third-order valence-electron chi connectivity index (χ3n) is 2.67. The quantitative estimate of drug-likeness (QED) is 0.808. The SMILES string of the molecule is Cc1occc1C(=O)NNC(=O)c1ccc(C#N)cc1. The van der Waals surface area contributed by atoms with Gasteiger partial charge in [0.25, 0.3) is 11.8 Å². The van der Waals surface area contributed by atoms with Crippen LogP contribution in [-0.4, -0.2) is 11.8 Å². The van der Waals surface area contributed by atoms with Gasteiger partial charge in [0, 0.05) is 5.56 Å². The molecule has 0 atom stereocenters. The minimum Gasteiger partial charge on any atom is -0.469 e. The fourth-order valence-electron chi connectivity index (χ4n) is 1.57. The summed E-state index contributed by atoms with van der Waals surface area (Å²) >= 11 is 0. The molecule has 0 aliphatic carbocycles. The molecular formula is C14H11N3O3. The van der Waals surface area contributed by atoms with Crippen molar-refractivity contribution in [2.75, 3.05) is 0 Å². The molecule has 0 radical (unpaired) electrons. The monoisotopic (exact) mass is 269 g/mol. The van der Waals surface area contributed by atoms with E-state index < -0.39 is 11.8 Å². The van der Waals surface area contributed by atoms with E-state index in [0.29, 0.717) is 22.5 Å². The third kappa shape index (κ3) is 2.84. The zero-order valence-corrected chi connectivity index (χ0v) is 10.6. The van der Waals surface area contributed by atoms with E-state index in [-0.39, 0.29) is 0 Å². The van der Waals surface area contributed by atoms with Crippen LogP contribution in [0.15, 0.2) is 41.0 Å². The molecule has 2 amide bonds. The number of nitriles is 1. The fourth-order valence-corrected chi connectivity index (χ4v) is 1.57. The van der Waals surface area contributed by atoms with Crippen LogP contribution in [0.5, 0.6) is 0 Å². The van der Waals surface area contributed by atoms with Gasteiger partial charge in [-0.3, -0.25) is 20.4 Å². The highest BCUT2D eigenvalue weighted by Crippen LogP contribution is 2.07. The Morgan fingerprint density at radius 2 is 1.75 bits per heavy atom. The van der Waals surface area contributed by atoms with E-state index in [1.54, 1.807) is 6.92 Å². The Morgan fingerprint density at radius 3 is 2.30 bits per heavy atom. The number of carbonyl (C=O) groups excluding carboxylic acids is 2. The van der Waals surface area contributed by atoms with Gasteiger partial charge in [-0.05, 0) is 37.3 Å². The van der Waals surface area contributed by atoms with E-state index in [9.17, 15) is 9.59 Å². The second kappa shape index (κ2) is 5.71. The number of nitrogens with one attached hydrogen (secondary N) is 2. The summed E-state index contributed by atoms with van der Waals surface area (Å²) in [5.41, 5.74) is 5.73. The molecule has 0 aliphatic heterocycles. The van der Waals surface area contributed by atoms with Crippen LogP contribution >= 0.6 is 0 Å². The lowest BCUT2D eigenvalue weighted by Gasteiger charge is -2.06. The van der Waals surface area contributed by atoms with Crippen LogP contribution in [0.3, 0.4) is 0 Å². The average Bonchev–Trinajstić information content (AvgIpc) is 2.90. The zero-order chi connectivity index (χ0) is 14.5. The van der Waals surface area contributed by atoms with Gasteiger partial charge < -0.3 is 4.42 Å². The van der Waals surface area contributed by atoms with E-state index in [1.165, 1.54) is 36.6 Å². The van der Waals surface area contributed by atoms with Crippen molar-refractivity contribution in [3.63, 3.8) is 0 Å². The van der Waals surface area contributed by atoms with Crippen LogP contribution in [0.2, 0.25) is 0 Å². The Bertz CT molecular complexity index is 680. The molecule has 100 valence electrons. The maximum Gasteiger partial charge on any atom is 0.273 e. The minimum absolute atomic E-state index is 0.341. The Morgan fingerprint density at radius 1 is 1.10 bits per heavy atom. The molecule has 0 spiro atoms. The summed E-state index contributed by atoms with van der Waals surface area (Å²) in [5.74, 6) is -0.461. The molecule has 1 heterocycles. The predicted octanol–water partition coefficient (Wildman–Crippen LogP) is 1.53. The van der Waals surface area contributed by atoms with Gasteiger partial charge >= 0.3 is 0 Å². The highest BCUT2D eigenvalue weighted by Gasteiger charge is 2.12. The molecule has 1 aromatic carbocycles. The van der Waals surface area contributed by atoms with Gasteiger partial charge in [-0.2, -0.15) is 5.26 Å². The largest absolute Gasteiger partial charge is 0.469 e. The summed E-state index contributed by atoms with van der Waals surface area (Å²) in [5, 5.41) is 8.66. The maximum absolute atomic E-state index is 11.8. The topological polar surface area (TPSA) is 95.1 Å². The van der Waals surface area contributed by atoms with Crippen LogP contribution in [0, 0.1) is 18.3 Å². The van der Waals surface area contributed by atoms with Gasteiger partial charge in [-0.25, -0.2) is 0 Å². The van der Waals surface area contributed by atoms with Crippen molar-refractivity contribution in [3.05, 3.63) is 59.0 Å². The maximum atomic E-state index is 11.8. The van der Waals surface area contributed by atoms with Crippen LogP contribution in [0.25, 0.3) is 0 Å². The number of hydrogen-bond donors (Lipinski definition) is 2. The lowest BCUT2D eigenvalue weighted by molar-refractivity contribution is 0.0845. The number of aryl methyl sites for hydroxylation is 1. The van der Waals surface area contributed by atoms with Crippen molar-refractivity contribution in [1.82, 2.24) is 10.9 Å². The number of hydrogen-bond acceptors (Lipinski definition) is 4. The van der Waals surface area contributed by atoms with E-state index in [1.807, 2.05) is 6.07 Å². The number of rotatable bonds is 2. The molecule has 2 rings (SSSR count). The average molecular weight is 269 g/mol. The van der Waals surface area contributed by atoms with Gasteiger partial charge in [0.2, 0.25) is 0 Å². The van der Waals surface area contributed by atoms with E-state index in [4.69, 9.17) is 9.68 Å². The molecule has 20 heavy (non-hydrogen) atoms. The van der Waals surface area contributed by atoms with Crippen molar-refractivity contribution < 1.29 is 14.0 Å². The van der Waals surface area contributed by atoms with E-state index in [0.717, 1.165) is 0 Å². The van der Waals surface area contributed by atoms with Gasteiger partial charge in [-0.1, -0.05) is 0 Å². The van der Waals surface area contributed by atoms with Crippen LogP contribution in [0.1, 0.15) is 32.0 Å². The van der Waals surface area contributed by atoms with Crippen molar-refractivity contribution in [2.45, 2.75) is 6.92 Å². The number of benzene rings is 1. The first-order chi connectivity index (χ1) is 9.61. The number of amides is 2. The lowest BCUT2D eigenvalue weighted by atomic mass is 10.1. The Balaban J connectivity index is 1.97. The molecule has 0 saturated heterocycles. The third-order valence-corrected chi connectivity index (χ3v) is 2.67. The van der Waals surface area contributed by atoms with Crippen molar-refractivity contribution in [2.24, 2.45) is 0 Å². The summed E-state index contributed by atoms with van der Waals surface area (Å²) in [7, 11) is 0. The van der Waals surface area contributed by atoms with Crippen LogP contribution in [-0.2, 0) is 0 Å². The van der Waals surface area contributed by atoms with Crippen LogP contribution < -0.4 is 10.9 Å². The molecule has 0 aliphatic rings. The molecular weight excluding hydrogens is 258 g/mol. The summed E-state index contributed by atoms with van der Waals surface area (Å²) in [6.45, 7) is 1.65. The standard InChI is InChI=1S/C14H11N3O3/c1-9-12(6-7-20-9)14(19)17-16-13(18)11-4-2-10(8-15)3-5-11/h2-7H,1H3,(H,16,18)(H,17,19). The first-order valence-electron chi connectivity index (χ1n) is 5.77. The molecule has 1 aromatic heterocycles. The Hall–Kier alpha value is -3.07. The Labute approximate surface area is 115 Å². The smallest absolute Gasteiger partial charge is 0.273 e. The molecule has 0 saturated carbocycles. The normalized spacial score (nSPS) is 9.60. The van der Waals surface area contributed by atoms with E-state index >= 15 is 0 Å². The molecule has 0 bridgehead atoms. The van der Waals surface area contributed by atoms with Crippen molar-refractivity contribution in [3.8, 4) is 6.07 Å². The van der Waals surface area contributed by atoms with Gasteiger partial charge in [0.1, 0.15) is 5.76 Å². The van der Waals surface area contributed by atoms with Crippen molar-refractivity contribution in [1.29, 1.82) is 5.26 Å². The second-order valence-electron chi connectivity index (χ2n) is 3.99. The second-order valence-corrected chi connectivity index (χ2v) is 3.99. The number of carbonyl (C=O) groups is 2. The number of nitrogens with zero attached hydrogens (tertiary/aromatic N) is 1. The fraction of sp³-hybridized carbons (Fsp3) is 0.0714. The summed E-state index contributed by atoms with van der Waals surface area (Å²) in [6, 6.07) is 9.52. The predicted molar refractivity (Wildman–Crippen MR) is 69.5 cm³/mol. The number of hydrazine groups is 1. The van der Waals surface area contributed by atoms with Gasteiger partial charge in [-0.15, -0.1) is 0 Å². The number of furan rings is 1. The van der Waals surface area contributed by atoms with Crippen molar-refractivity contribution >= 4 is 11.8 Å². The minimum atomic E-state index is -0.469. The zero-order valence-electron chi connectivity index (χ0n) is 10.6. The molecule has 2 N–H and O–H groups in total. The first-order valence-corrected chi connectivity index (χ1v) is 5.77. The summed E-state index contributed by atoms with van der Waals surface area (Å²) in [6.07, 6.45) is 1.40. The Kier molecular flexibility index (Phi) is 3.82.